The summed E-state index contributed by atoms with van der Waals surface area (Å²) in [6.45, 7) is 7.82. The molecule has 0 aliphatic rings. The predicted molar refractivity (Wildman–Crippen MR) is 245 cm³/mol. The Balaban J connectivity index is 0. The molecule has 0 N–H and O–H groups in total. The number of carboxylic acids is 1. The molecule has 0 radical (unpaired) electrons. The molecule has 0 heterocycles. The van der Waals surface area contributed by atoms with Gasteiger partial charge in [-0.2, -0.15) is 0 Å². The third-order valence-electron chi connectivity index (χ3n) is 12.5. The van der Waals surface area contributed by atoms with E-state index in [2.05, 4.69) is 18.7 Å². The van der Waals surface area contributed by atoms with E-state index in [0.29, 0.717) is 0 Å². The zero-order valence-electron chi connectivity index (χ0n) is 39.4. The fourth-order valence-electron chi connectivity index (χ4n) is 8.67. The topological polar surface area (TPSA) is 43.4 Å². The molecule has 56 heavy (non-hydrogen) atoms. The van der Waals surface area contributed by atoms with Crippen molar-refractivity contribution in [3.8, 4) is 0 Å². The van der Waals surface area contributed by atoms with Crippen LogP contribution in [0.15, 0.2) is 0 Å². The number of aliphatic carboxylic acids is 1. The molecule has 0 aliphatic carbocycles. The zero-order valence-corrected chi connectivity index (χ0v) is 41.4. The number of carbonyl (C=O) groups is 1. The zero-order chi connectivity index (χ0) is 39.8. The number of rotatable bonds is 50. The van der Waals surface area contributed by atoms with E-state index in [1.54, 1.807) is 0 Å². The number of carboxylic acid groups (broad SMARTS) is 1. The fourth-order valence-corrected chi connectivity index (χ4v) is 8.67. The molecule has 0 aromatic heterocycles. The van der Waals surface area contributed by atoms with Gasteiger partial charge in [-0.05, 0) is 45.3 Å². The van der Waals surface area contributed by atoms with Crippen molar-refractivity contribution in [3.05, 3.63) is 0 Å². The van der Waals surface area contributed by atoms with E-state index in [-0.39, 0.29) is 36.0 Å². The molecule has 0 bridgehead atoms. The van der Waals surface area contributed by atoms with Crippen LogP contribution in [0, 0.1) is 0 Å². The molecule has 0 atom stereocenters. The Kier molecular flexibility index (Phi) is 55.9. The smallest absolute Gasteiger partial charge is 0.550 e. The van der Waals surface area contributed by atoms with E-state index in [4.69, 9.17) is 0 Å². The molecule has 0 saturated heterocycles. The van der Waals surface area contributed by atoms with Gasteiger partial charge in [0, 0.05) is 5.97 Å². The molecular formula is C52H104NNaO2. The third-order valence-corrected chi connectivity index (χ3v) is 12.5. The largest absolute Gasteiger partial charge is 1.00 e. The quantitative estimate of drug-likeness (QED) is 0.0455. The Morgan fingerprint density at radius 3 is 0.625 bits per heavy atom. The Morgan fingerprint density at radius 1 is 0.286 bits per heavy atom. The van der Waals surface area contributed by atoms with Gasteiger partial charge in [0.05, 0.1) is 0 Å². The number of nitrogens with zero attached hydrogens (tertiary/aromatic N) is 1. The number of hydrogen-bond acceptors (Lipinski definition) is 3. The van der Waals surface area contributed by atoms with Gasteiger partial charge in [0.15, 0.2) is 0 Å². The first-order valence-electron chi connectivity index (χ1n) is 26.1. The summed E-state index contributed by atoms with van der Waals surface area (Å²) in [6.07, 6.45) is 63.7. The summed E-state index contributed by atoms with van der Waals surface area (Å²) in [5, 5.41) is 11.0. The van der Waals surface area contributed by atoms with E-state index in [0.717, 1.165) is 26.1 Å². The summed E-state index contributed by atoms with van der Waals surface area (Å²) >= 11 is 0. The maximum atomic E-state index is 11.0. The van der Waals surface area contributed by atoms with Crippen LogP contribution < -0.4 is 34.7 Å². The second-order valence-corrected chi connectivity index (χ2v) is 18.2. The molecule has 0 rings (SSSR count). The number of carbonyl (C=O) groups excluding carboxylic acids is 1. The van der Waals surface area contributed by atoms with Crippen LogP contribution in [0.25, 0.3) is 0 Å². The van der Waals surface area contributed by atoms with Crippen LogP contribution in [-0.4, -0.2) is 30.5 Å². The van der Waals surface area contributed by atoms with Gasteiger partial charge in [-0.25, -0.2) is 0 Å². The van der Waals surface area contributed by atoms with Crippen LogP contribution in [0.3, 0.4) is 0 Å². The Morgan fingerprint density at radius 2 is 0.446 bits per heavy atom. The normalized spacial score (nSPS) is 11.5. The SMILES string of the molecule is CCCCCCCCCCCCCCCCCCCCCCCCN(CCCCCCCCCCCCCCCCCCCCCCCC)CCCC(=O)[O-].[Na+]. The standard InChI is InChI=1S/C52H105NO2.Na/c1-3-5-7-9-11-13-15-17-19-21-23-25-27-29-31-33-35-37-39-41-43-45-49-53(51-47-48-52(54)55)50-46-44-42-40-38-36-34-32-30-28-26-24-22-20-18-16-14-12-10-8-6-4-2;/h3-51H2,1-2H3,(H,54,55);/q;+1/p-1. The molecule has 0 spiro atoms. The van der Waals surface area contributed by atoms with E-state index >= 15 is 0 Å². The molecule has 0 unspecified atom stereocenters. The first-order chi connectivity index (χ1) is 27.2. The van der Waals surface area contributed by atoms with Crippen molar-refractivity contribution >= 4 is 5.97 Å². The molecule has 330 valence electrons. The maximum absolute atomic E-state index is 11.0. The van der Waals surface area contributed by atoms with Crippen LogP contribution in [0.1, 0.15) is 309 Å². The molecule has 0 aromatic rings. The van der Waals surface area contributed by atoms with Crippen LogP contribution in [0.4, 0.5) is 0 Å². The maximum Gasteiger partial charge on any atom is 1.00 e. The fraction of sp³-hybridized carbons (Fsp3) is 0.981. The first-order valence-corrected chi connectivity index (χ1v) is 26.1. The van der Waals surface area contributed by atoms with Crippen LogP contribution in [0.2, 0.25) is 0 Å². The summed E-state index contributed by atoms with van der Waals surface area (Å²) in [5.41, 5.74) is 0. The minimum Gasteiger partial charge on any atom is -0.550 e. The third kappa shape index (κ3) is 52.4. The van der Waals surface area contributed by atoms with Gasteiger partial charge in [0.1, 0.15) is 0 Å². The molecule has 0 fully saturated rings. The average molecular weight is 798 g/mol. The van der Waals surface area contributed by atoms with Gasteiger partial charge in [0.25, 0.3) is 0 Å². The summed E-state index contributed by atoms with van der Waals surface area (Å²) in [5.74, 6) is -0.895. The Hall–Kier alpha value is 0.430. The van der Waals surface area contributed by atoms with Gasteiger partial charge in [-0.1, -0.05) is 284 Å². The molecule has 4 heteroatoms. The molecule has 0 aliphatic heterocycles. The van der Waals surface area contributed by atoms with Crippen molar-refractivity contribution < 1.29 is 39.5 Å². The van der Waals surface area contributed by atoms with Gasteiger partial charge < -0.3 is 14.8 Å². The summed E-state index contributed by atoms with van der Waals surface area (Å²) in [6, 6.07) is 0. The monoisotopic (exact) mass is 798 g/mol. The summed E-state index contributed by atoms with van der Waals surface area (Å²) in [4.78, 5) is 13.5. The van der Waals surface area contributed by atoms with Crippen molar-refractivity contribution in [2.24, 2.45) is 0 Å². The second kappa shape index (κ2) is 53.4. The molecule has 0 saturated carbocycles. The molecule has 0 aromatic carbocycles. The Labute approximate surface area is 376 Å². The number of unbranched alkanes of at least 4 members (excludes halogenated alkanes) is 42. The average Bonchev–Trinajstić information content (AvgIpc) is 3.18. The Bertz CT molecular complexity index is 654. The van der Waals surface area contributed by atoms with Crippen molar-refractivity contribution in [2.45, 2.75) is 309 Å². The van der Waals surface area contributed by atoms with Gasteiger partial charge in [0.2, 0.25) is 0 Å². The summed E-state index contributed by atoms with van der Waals surface area (Å²) in [7, 11) is 0. The van der Waals surface area contributed by atoms with E-state index < -0.39 is 5.97 Å². The summed E-state index contributed by atoms with van der Waals surface area (Å²) < 4.78 is 0. The molecule has 3 nitrogen and oxygen atoms in total. The van der Waals surface area contributed by atoms with Gasteiger partial charge >= 0.3 is 29.6 Å². The predicted octanol–water partition coefficient (Wildman–Crippen LogP) is 14.0. The van der Waals surface area contributed by atoms with Crippen molar-refractivity contribution in [1.82, 2.24) is 4.90 Å². The van der Waals surface area contributed by atoms with Crippen molar-refractivity contribution in [1.29, 1.82) is 0 Å². The minimum atomic E-state index is -0.895. The van der Waals surface area contributed by atoms with E-state index in [1.165, 1.54) is 283 Å². The first kappa shape index (κ1) is 58.5. The van der Waals surface area contributed by atoms with E-state index in [1.807, 2.05) is 0 Å². The van der Waals surface area contributed by atoms with Gasteiger partial charge in [-0.15, -0.1) is 0 Å². The van der Waals surface area contributed by atoms with Gasteiger partial charge in [-0.3, -0.25) is 0 Å². The number of hydrogen-bond donors (Lipinski definition) is 0. The van der Waals surface area contributed by atoms with Crippen LogP contribution in [-0.2, 0) is 4.79 Å². The van der Waals surface area contributed by atoms with Crippen molar-refractivity contribution in [3.63, 3.8) is 0 Å². The van der Waals surface area contributed by atoms with E-state index in [9.17, 15) is 9.90 Å². The van der Waals surface area contributed by atoms with Crippen molar-refractivity contribution in [2.75, 3.05) is 19.6 Å². The van der Waals surface area contributed by atoms with Crippen LogP contribution in [0.5, 0.6) is 0 Å². The molecular weight excluding hydrogens is 694 g/mol. The second-order valence-electron chi connectivity index (χ2n) is 18.2. The van der Waals surface area contributed by atoms with Crippen LogP contribution >= 0.6 is 0 Å². The minimum absolute atomic E-state index is 0. The molecule has 0 amide bonds.